The molecule has 0 aliphatic rings. The maximum Gasteiger partial charge on any atom is 0.321 e. The van der Waals surface area contributed by atoms with Gasteiger partial charge in [-0.1, -0.05) is 29.5 Å². The van der Waals surface area contributed by atoms with Crippen molar-refractivity contribution >= 4 is 23.7 Å². The fourth-order valence-corrected chi connectivity index (χ4v) is 2.64. The van der Waals surface area contributed by atoms with Crippen LogP contribution in [0, 0.1) is 13.8 Å². The average Bonchev–Trinajstić information content (AvgIpc) is 2.93. The van der Waals surface area contributed by atoms with Crippen molar-refractivity contribution in [3.05, 3.63) is 29.3 Å². The van der Waals surface area contributed by atoms with Crippen LogP contribution in [0.4, 0.5) is 4.79 Å². The number of aromatic nitrogens is 4. The molecule has 9 heteroatoms. The molecule has 2 N–H and O–H groups in total. The lowest BCUT2D eigenvalue weighted by Gasteiger charge is -2.08. The quantitative estimate of drug-likeness (QED) is 0.797. The van der Waals surface area contributed by atoms with E-state index in [-0.39, 0.29) is 5.75 Å². The molecule has 1 aromatic carbocycles. The van der Waals surface area contributed by atoms with Crippen LogP contribution in [0.25, 0.3) is 5.69 Å². The number of carbonyl (C=O) groups is 2. The molecule has 0 radical (unpaired) electrons. The first kappa shape index (κ1) is 16.9. The smallest absolute Gasteiger partial charge is 0.321 e. The number of rotatable bonds is 5. The fraction of sp³-hybridized carbons (Fsp3) is 0.357. The number of hydrogen-bond donors (Lipinski definition) is 2. The molecule has 0 saturated heterocycles. The first-order chi connectivity index (χ1) is 11.0. The number of nitrogens with zero attached hydrogens (tertiary/aromatic N) is 4. The Hall–Kier alpha value is -2.42. The summed E-state index contributed by atoms with van der Waals surface area (Å²) < 4.78 is 1.58. The van der Waals surface area contributed by atoms with Gasteiger partial charge < -0.3 is 5.32 Å². The van der Waals surface area contributed by atoms with E-state index in [1.165, 1.54) is 0 Å². The Morgan fingerprint density at radius 3 is 2.78 bits per heavy atom. The Bertz CT molecular complexity index is 715. The molecule has 0 atom stereocenters. The number of benzene rings is 1. The van der Waals surface area contributed by atoms with E-state index in [1.807, 2.05) is 32.0 Å². The molecule has 1 aromatic heterocycles. The van der Waals surface area contributed by atoms with Crippen molar-refractivity contribution in [3.8, 4) is 5.69 Å². The summed E-state index contributed by atoms with van der Waals surface area (Å²) in [7, 11) is 0. The van der Waals surface area contributed by atoms with Gasteiger partial charge in [0.2, 0.25) is 11.1 Å². The van der Waals surface area contributed by atoms with Crippen molar-refractivity contribution in [2.75, 3.05) is 12.3 Å². The Kier molecular flexibility index (Phi) is 5.69. The average molecular weight is 334 g/mol. The van der Waals surface area contributed by atoms with Gasteiger partial charge in [0.25, 0.3) is 0 Å². The number of hydrogen-bond acceptors (Lipinski definition) is 6. The van der Waals surface area contributed by atoms with Gasteiger partial charge >= 0.3 is 6.03 Å². The molecule has 2 aromatic rings. The Balaban J connectivity index is 2.04. The summed E-state index contributed by atoms with van der Waals surface area (Å²) in [5.74, 6) is -0.362. The van der Waals surface area contributed by atoms with Crippen LogP contribution >= 0.6 is 11.8 Å². The van der Waals surface area contributed by atoms with Crippen LogP contribution in [0.1, 0.15) is 18.1 Å². The Labute approximate surface area is 138 Å². The van der Waals surface area contributed by atoms with Crippen LogP contribution in [-0.2, 0) is 4.79 Å². The highest BCUT2D eigenvalue weighted by molar-refractivity contribution is 7.99. The van der Waals surface area contributed by atoms with Gasteiger partial charge in [-0.3, -0.25) is 10.1 Å². The number of imide groups is 1. The summed E-state index contributed by atoms with van der Waals surface area (Å²) in [4.78, 5) is 23.0. The van der Waals surface area contributed by atoms with Gasteiger partial charge in [-0.05, 0) is 42.8 Å². The van der Waals surface area contributed by atoms with Crippen LogP contribution in [-0.4, -0.2) is 44.4 Å². The second-order valence-electron chi connectivity index (χ2n) is 4.86. The highest BCUT2D eigenvalue weighted by atomic mass is 32.2. The Morgan fingerprint density at radius 2 is 2.09 bits per heavy atom. The first-order valence-electron chi connectivity index (χ1n) is 7.07. The van der Waals surface area contributed by atoms with Crippen molar-refractivity contribution in [1.29, 1.82) is 0 Å². The predicted octanol–water partition coefficient (Wildman–Crippen LogP) is 1.22. The van der Waals surface area contributed by atoms with Crippen molar-refractivity contribution < 1.29 is 9.59 Å². The molecule has 0 aliphatic heterocycles. The molecule has 3 amide bonds. The summed E-state index contributed by atoms with van der Waals surface area (Å²) in [5, 5.41) is 16.8. The van der Waals surface area contributed by atoms with Gasteiger partial charge in [0.1, 0.15) is 0 Å². The topological polar surface area (TPSA) is 102 Å². The number of tetrazole rings is 1. The largest absolute Gasteiger partial charge is 0.338 e. The molecule has 1 heterocycles. The molecule has 8 nitrogen and oxygen atoms in total. The molecule has 122 valence electrons. The second-order valence-corrected chi connectivity index (χ2v) is 5.80. The monoisotopic (exact) mass is 334 g/mol. The van der Waals surface area contributed by atoms with Crippen molar-refractivity contribution in [3.63, 3.8) is 0 Å². The second kappa shape index (κ2) is 7.73. The van der Waals surface area contributed by atoms with Crippen LogP contribution < -0.4 is 10.6 Å². The van der Waals surface area contributed by atoms with Crippen molar-refractivity contribution in [2.45, 2.75) is 25.9 Å². The third-order valence-electron chi connectivity index (χ3n) is 2.94. The van der Waals surface area contributed by atoms with E-state index >= 15 is 0 Å². The lowest BCUT2D eigenvalue weighted by Crippen LogP contribution is -2.40. The zero-order valence-electron chi connectivity index (χ0n) is 13.2. The minimum Gasteiger partial charge on any atom is -0.338 e. The normalized spacial score (nSPS) is 10.4. The third kappa shape index (κ3) is 4.52. The highest BCUT2D eigenvalue weighted by Crippen LogP contribution is 2.21. The standard InChI is InChI=1S/C14H18N6O2S/c1-4-15-13(22)16-12(21)8-23-14-17-18-19-20(14)11-6-5-9(2)7-10(11)3/h5-7H,4,8H2,1-3H3,(H2,15,16,21,22). The van der Waals surface area contributed by atoms with Gasteiger partial charge in [-0.25, -0.2) is 4.79 Å². The fourth-order valence-electron chi connectivity index (χ4n) is 1.96. The lowest BCUT2D eigenvalue weighted by atomic mass is 10.1. The molecule has 2 rings (SSSR count). The van der Waals surface area contributed by atoms with Gasteiger partial charge in [-0.15, -0.1) is 5.10 Å². The highest BCUT2D eigenvalue weighted by Gasteiger charge is 2.14. The minimum atomic E-state index is -0.507. The SMILES string of the molecule is CCNC(=O)NC(=O)CSc1nnnn1-c1ccc(C)cc1C. The van der Waals surface area contributed by atoms with Gasteiger partial charge in [-0.2, -0.15) is 4.68 Å². The molecule has 0 saturated carbocycles. The molecular formula is C14H18N6O2S. The number of thioether (sulfide) groups is 1. The molecule has 0 aliphatic carbocycles. The minimum absolute atomic E-state index is 0.0441. The molecule has 0 fully saturated rings. The number of urea groups is 1. The summed E-state index contributed by atoms with van der Waals surface area (Å²) in [5.41, 5.74) is 3.04. The molecule has 0 bridgehead atoms. The lowest BCUT2D eigenvalue weighted by molar-refractivity contribution is -0.117. The molecule has 0 unspecified atom stereocenters. The van der Waals surface area contributed by atoms with Crippen LogP contribution in [0.3, 0.4) is 0 Å². The van der Waals surface area contributed by atoms with E-state index < -0.39 is 11.9 Å². The predicted molar refractivity (Wildman–Crippen MR) is 86.6 cm³/mol. The summed E-state index contributed by atoms with van der Waals surface area (Å²) >= 11 is 1.16. The summed E-state index contributed by atoms with van der Waals surface area (Å²) in [6.45, 7) is 6.21. The van der Waals surface area contributed by atoms with Crippen molar-refractivity contribution in [1.82, 2.24) is 30.8 Å². The van der Waals surface area contributed by atoms with E-state index in [4.69, 9.17) is 0 Å². The zero-order chi connectivity index (χ0) is 16.8. The maximum absolute atomic E-state index is 11.7. The first-order valence-corrected chi connectivity index (χ1v) is 8.06. The molecule has 23 heavy (non-hydrogen) atoms. The van der Waals surface area contributed by atoms with Crippen LogP contribution in [0.2, 0.25) is 0 Å². The molecule has 0 spiro atoms. The van der Waals surface area contributed by atoms with E-state index in [2.05, 4.69) is 26.2 Å². The summed E-state index contributed by atoms with van der Waals surface area (Å²) in [6.07, 6.45) is 0. The van der Waals surface area contributed by atoms with Crippen LogP contribution in [0.15, 0.2) is 23.4 Å². The summed E-state index contributed by atoms with van der Waals surface area (Å²) in [6, 6.07) is 5.43. The van der Waals surface area contributed by atoms with E-state index in [0.717, 1.165) is 28.6 Å². The zero-order valence-corrected chi connectivity index (χ0v) is 14.0. The Morgan fingerprint density at radius 1 is 1.30 bits per heavy atom. The van der Waals surface area contributed by atoms with E-state index in [0.29, 0.717) is 11.7 Å². The number of nitrogens with one attached hydrogen (secondary N) is 2. The molecular weight excluding hydrogens is 316 g/mol. The van der Waals surface area contributed by atoms with Gasteiger partial charge in [0, 0.05) is 6.54 Å². The van der Waals surface area contributed by atoms with Gasteiger partial charge in [0.05, 0.1) is 11.4 Å². The van der Waals surface area contributed by atoms with Crippen molar-refractivity contribution in [2.24, 2.45) is 0 Å². The third-order valence-corrected chi connectivity index (χ3v) is 3.86. The maximum atomic E-state index is 11.7. The van der Waals surface area contributed by atoms with E-state index in [1.54, 1.807) is 11.6 Å². The van der Waals surface area contributed by atoms with Crippen LogP contribution in [0.5, 0.6) is 0 Å². The number of amides is 3. The van der Waals surface area contributed by atoms with Gasteiger partial charge in [0.15, 0.2) is 0 Å². The number of aryl methyl sites for hydroxylation is 2. The van der Waals surface area contributed by atoms with E-state index in [9.17, 15) is 9.59 Å². The number of carbonyl (C=O) groups excluding carboxylic acids is 2.